The molecule has 0 heterocycles. The van der Waals surface area contributed by atoms with E-state index in [4.69, 9.17) is 5.11 Å². The van der Waals surface area contributed by atoms with E-state index in [1.165, 1.54) is 24.3 Å². The summed E-state index contributed by atoms with van der Waals surface area (Å²) in [6, 6.07) is 12.0. The number of hydrogen-bond acceptors (Lipinski definition) is 3. The van der Waals surface area contributed by atoms with Crippen molar-refractivity contribution in [2.75, 3.05) is 0 Å². The van der Waals surface area contributed by atoms with Gasteiger partial charge in [0, 0.05) is 6.54 Å². The molecule has 0 aromatic heterocycles. The molecule has 23 heavy (non-hydrogen) atoms. The predicted octanol–water partition coefficient (Wildman–Crippen LogP) is 2.07. The Balaban J connectivity index is 2.04. The van der Waals surface area contributed by atoms with E-state index in [1.54, 1.807) is 24.3 Å². The predicted molar refractivity (Wildman–Crippen MR) is 83.6 cm³/mol. The van der Waals surface area contributed by atoms with E-state index in [0.717, 1.165) is 0 Å². The van der Waals surface area contributed by atoms with Gasteiger partial charge in [0.15, 0.2) is 0 Å². The fraction of sp³-hybridized carbons (Fsp3) is 0.188. The van der Waals surface area contributed by atoms with Gasteiger partial charge in [0.25, 0.3) is 0 Å². The number of carboxylic acids is 1. The van der Waals surface area contributed by atoms with Crippen LogP contribution in [0.15, 0.2) is 48.5 Å². The Kier molecular flexibility index (Phi) is 5.46. The quantitative estimate of drug-likeness (QED) is 0.810. The topological polar surface area (TPSA) is 83.5 Å². The lowest BCUT2D eigenvalue weighted by Gasteiger charge is -2.10. The molecule has 2 aromatic rings. The SMILES string of the molecule is O=C(O)Cc1ccccc1CNS(=O)(=O)Cc1ccc(F)cc1. The van der Waals surface area contributed by atoms with E-state index in [2.05, 4.69) is 4.72 Å². The molecule has 0 aliphatic rings. The minimum absolute atomic E-state index is 0.00693. The number of sulfonamides is 1. The van der Waals surface area contributed by atoms with Crippen LogP contribution in [0.3, 0.4) is 0 Å². The molecular weight excluding hydrogens is 321 g/mol. The first-order valence-electron chi connectivity index (χ1n) is 6.86. The van der Waals surface area contributed by atoms with Crippen LogP contribution in [0.4, 0.5) is 4.39 Å². The summed E-state index contributed by atoms with van der Waals surface area (Å²) >= 11 is 0. The van der Waals surface area contributed by atoms with Gasteiger partial charge in [-0.1, -0.05) is 36.4 Å². The van der Waals surface area contributed by atoms with Crippen molar-refractivity contribution in [2.45, 2.75) is 18.7 Å². The van der Waals surface area contributed by atoms with E-state index in [0.29, 0.717) is 16.7 Å². The lowest BCUT2D eigenvalue weighted by atomic mass is 10.1. The molecule has 2 rings (SSSR count). The summed E-state index contributed by atoms with van der Waals surface area (Å²) in [5.74, 6) is -1.68. The van der Waals surface area contributed by atoms with Crippen molar-refractivity contribution in [2.24, 2.45) is 0 Å². The standard InChI is InChI=1S/C16H16FNO4S/c17-15-7-5-12(6-8-15)11-23(21,22)18-10-14-4-2-1-3-13(14)9-16(19)20/h1-8,18H,9-11H2,(H,19,20). The summed E-state index contributed by atoms with van der Waals surface area (Å²) in [5, 5.41) is 8.87. The Hall–Kier alpha value is -2.25. The Labute approximate surface area is 133 Å². The zero-order valence-corrected chi connectivity index (χ0v) is 13.0. The molecule has 0 aliphatic heterocycles. The van der Waals surface area contributed by atoms with Gasteiger partial charge in [0.2, 0.25) is 10.0 Å². The van der Waals surface area contributed by atoms with Crippen LogP contribution in [-0.4, -0.2) is 19.5 Å². The number of rotatable bonds is 7. The maximum Gasteiger partial charge on any atom is 0.307 e. The van der Waals surface area contributed by atoms with Crippen LogP contribution in [0.25, 0.3) is 0 Å². The maximum atomic E-state index is 12.8. The largest absolute Gasteiger partial charge is 0.481 e. The number of carbonyl (C=O) groups is 1. The van der Waals surface area contributed by atoms with E-state index < -0.39 is 21.8 Å². The molecule has 0 aliphatic carbocycles. The fourth-order valence-corrected chi connectivity index (χ4v) is 3.21. The Morgan fingerprint density at radius 2 is 1.65 bits per heavy atom. The van der Waals surface area contributed by atoms with Crippen molar-refractivity contribution >= 4 is 16.0 Å². The Morgan fingerprint density at radius 1 is 1.04 bits per heavy atom. The molecule has 0 saturated heterocycles. The van der Waals surface area contributed by atoms with Crippen LogP contribution in [-0.2, 0) is 33.5 Å². The van der Waals surface area contributed by atoms with Crippen LogP contribution in [0.1, 0.15) is 16.7 Å². The zero-order valence-electron chi connectivity index (χ0n) is 12.2. The third kappa shape index (κ3) is 5.46. The average molecular weight is 337 g/mol. The summed E-state index contributed by atoms with van der Waals surface area (Å²) < 4.78 is 39.4. The van der Waals surface area contributed by atoms with Crippen LogP contribution >= 0.6 is 0 Å². The van der Waals surface area contributed by atoms with Crippen molar-refractivity contribution in [3.05, 3.63) is 71.0 Å². The van der Waals surface area contributed by atoms with Gasteiger partial charge in [0.05, 0.1) is 12.2 Å². The summed E-state index contributed by atoms with van der Waals surface area (Å²) in [6.07, 6.45) is -0.171. The third-order valence-electron chi connectivity index (χ3n) is 3.21. The minimum atomic E-state index is -3.61. The second kappa shape index (κ2) is 7.34. The van der Waals surface area contributed by atoms with Gasteiger partial charge in [-0.25, -0.2) is 17.5 Å². The van der Waals surface area contributed by atoms with Crippen molar-refractivity contribution < 1.29 is 22.7 Å². The molecular formula is C16H16FNO4S. The molecule has 7 heteroatoms. The first-order valence-corrected chi connectivity index (χ1v) is 8.51. The number of benzene rings is 2. The second-order valence-electron chi connectivity index (χ2n) is 5.05. The molecule has 0 spiro atoms. The number of carboxylic acid groups (broad SMARTS) is 1. The van der Waals surface area contributed by atoms with Gasteiger partial charge in [0.1, 0.15) is 5.82 Å². The lowest BCUT2D eigenvalue weighted by Crippen LogP contribution is -2.25. The summed E-state index contributed by atoms with van der Waals surface area (Å²) in [5.41, 5.74) is 1.64. The van der Waals surface area contributed by atoms with Crippen molar-refractivity contribution in [3.8, 4) is 0 Å². The molecule has 0 atom stereocenters. The first-order chi connectivity index (χ1) is 10.9. The molecule has 0 fully saturated rings. The molecule has 2 N–H and O–H groups in total. The highest BCUT2D eigenvalue weighted by Gasteiger charge is 2.13. The van der Waals surface area contributed by atoms with Crippen LogP contribution in [0.5, 0.6) is 0 Å². The van der Waals surface area contributed by atoms with Gasteiger partial charge in [-0.3, -0.25) is 4.79 Å². The molecule has 0 bridgehead atoms. The van der Waals surface area contributed by atoms with Crippen LogP contribution in [0.2, 0.25) is 0 Å². The van der Waals surface area contributed by atoms with Gasteiger partial charge < -0.3 is 5.11 Å². The Bertz CT molecular complexity index is 788. The molecule has 0 saturated carbocycles. The minimum Gasteiger partial charge on any atom is -0.481 e. The highest BCUT2D eigenvalue weighted by atomic mass is 32.2. The molecule has 122 valence electrons. The number of aliphatic carboxylic acids is 1. The molecule has 2 aromatic carbocycles. The third-order valence-corrected chi connectivity index (χ3v) is 4.51. The normalized spacial score (nSPS) is 11.3. The van der Waals surface area contributed by atoms with Gasteiger partial charge >= 0.3 is 5.97 Å². The highest BCUT2D eigenvalue weighted by Crippen LogP contribution is 2.11. The average Bonchev–Trinajstić information content (AvgIpc) is 2.48. The number of hydrogen-bond donors (Lipinski definition) is 2. The van der Waals surface area contributed by atoms with Gasteiger partial charge in [-0.15, -0.1) is 0 Å². The molecule has 5 nitrogen and oxygen atoms in total. The fourth-order valence-electron chi connectivity index (χ4n) is 2.10. The second-order valence-corrected chi connectivity index (χ2v) is 6.85. The number of nitrogens with one attached hydrogen (secondary N) is 1. The smallest absolute Gasteiger partial charge is 0.307 e. The van der Waals surface area contributed by atoms with Crippen LogP contribution in [0, 0.1) is 5.82 Å². The van der Waals surface area contributed by atoms with E-state index in [-0.39, 0.29) is 18.7 Å². The monoisotopic (exact) mass is 337 g/mol. The van der Waals surface area contributed by atoms with Crippen molar-refractivity contribution in [1.82, 2.24) is 4.72 Å². The van der Waals surface area contributed by atoms with E-state index in [1.807, 2.05) is 0 Å². The van der Waals surface area contributed by atoms with Crippen molar-refractivity contribution in [3.63, 3.8) is 0 Å². The van der Waals surface area contributed by atoms with Gasteiger partial charge in [-0.05, 0) is 28.8 Å². The molecule has 0 unspecified atom stereocenters. The zero-order chi connectivity index (χ0) is 16.9. The van der Waals surface area contributed by atoms with E-state index in [9.17, 15) is 17.6 Å². The lowest BCUT2D eigenvalue weighted by molar-refractivity contribution is -0.136. The summed E-state index contributed by atoms with van der Waals surface area (Å²) in [7, 11) is -3.61. The van der Waals surface area contributed by atoms with E-state index >= 15 is 0 Å². The summed E-state index contributed by atoms with van der Waals surface area (Å²) in [4.78, 5) is 10.8. The highest BCUT2D eigenvalue weighted by molar-refractivity contribution is 7.88. The molecule has 0 radical (unpaired) electrons. The maximum absolute atomic E-state index is 12.8. The number of halogens is 1. The van der Waals surface area contributed by atoms with Crippen LogP contribution < -0.4 is 4.72 Å². The van der Waals surface area contributed by atoms with Crippen molar-refractivity contribution in [1.29, 1.82) is 0 Å². The Morgan fingerprint density at radius 3 is 2.26 bits per heavy atom. The summed E-state index contributed by atoms with van der Waals surface area (Å²) in [6.45, 7) is 0.00693. The van der Waals surface area contributed by atoms with Gasteiger partial charge in [-0.2, -0.15) is 0 Å². The first kappa shape index (κ1) is 17.1. The molecule has 0 amide bonds.